The van der Waals surface area contributed by atoms with Gasteiger partial charge in [-0.2, -0.15) is 0 Å². The fourth-order valence-corrected chi connectivity index (χ4v) is 1.40. The lowest BCUT2D eigenvalue weighted by molar-refractivity contribution is -0.126. The molecule has 0 fully saturated rings. The second-order valence-electron chi connectivity index (χ2n) is 3.91. The Morgan fingerprint density at radius 2 is 1.84 bits per heavy atom. The molecule has 0 spiro atoms. The summed E-state index contributed by atoms with van der Waals surface area (Å²) < 4.78 is 5.31. The molecule has 0 aliphatic rings. The maximum atomic E-state index is 11.4. The summed E-state index contributed by atoms with van der Waals surface area (Å²) in [5.41, 5.74) is 5.42. The quantitative estimate of drug-likeness (QED) is 0.781. The van der Waals surface area contributed by atoms with Crippen molar-refractivity contribution in [2.24, 2.45) is 5.73 Å². The highest BCUT2D eigenvalue weighted by Crippen LogP contribution is 2.15. The smallest absolute Gasteiger partial charge is 0.318 e. The summed E-state index contributed by atoms with van der Waals surface area (Å²) in [6, 6.07) is 5.51. The SMILES string of the molecule is CCC(=O)c1ccc(O[C@H](C)C(=O)NC(N)=O)cc1. The van der Waals surface area contributed by atoms with E-state index < -0.39 is 18.0 Å². The van der Waals surface area contributed by atoms with Crippen molar-refractivity contribution in [2.75, 3.05) is 0 Å². The Labute approximate surface area is 110 Å². The zero-order valence-electron chi connectivity index (χ0n) is 10.8. The highest BCUT2D eigenvalue weighted by Gasteiger charge is 2.16. The van der Waals surface area contributed by atoms with Gasteiger partial charge in [-0.15, -0.1) is 0 Å². The molecule has 3 N–H and O–H groups in total. The number of Topliss-reactive ketones (excluding diaryl/α,β-unsaturated/α-hetero) is 1. The summed E-state index contributed by atoms with van der Waals surface area (Å²) in [5, 5.41) is 1.92. The number of amides is 3. The van der Waals surface area contributed by atoms with Gasteiger partial charge in [-0.25, -0.2) is 4.79 Å². The van der Waals surface area contributed by atoms with Crippen LogP contribution in [0.1, 0.15) is 30.6 Å². The zero-order chi connectivity index (χ0) is 14.4. The van der Waals surface area contributed by atoms with Crippen LogP contribution in [0.4, 0.5) is 4.79 Å². The van der Waals surface area contributed by atoms with Crippen molar-refractivity contribution in [1.29, 1.82) is 0 Å². The summed E-state index contributed by atoms with van der Waals surface area (Å²) in [6.07, 6.45) is -0.433. The Hall–Kier alpha value is -2.37. The third-order valence-corrected chi connectivity index (χ3v) is 2.43. The number of hydrogen-bond donors (Lipinski definition) is 2. The molecule has 0 unspecified atom stereocenters. The molecule has 3 amide bonds. The van der Waals surface area contributed by atoms with Crippen molar-refractivity contribution in [3.05, 3.63) is 29.8 Å². The minimum atomic E-state index is -0.927. The fourth-order valence-electron chi connectivity index (χ4n) is 1.40. The molecular formula is C13H16N2O4. The van der Waals surface area contributed by atoms with Gasteiger partial charge in [0.2, 0.25) is 0 Å². The van der Waals surface area contributed by atoms with Crippen molar-refractivity contribution in [3.63, 3.8) is 0 Å². The third-order valence-electron chi connectivity index (χ3n) is 2.43. The molecule has 102 valence electrons. The van der Waals surface area contributed by atoms with Crippen molar-refractivity contribution < 1.29 is 19.1 Å². The molecule has 0 aliphatic heterocycles. The summed E-state index contributed by atoms with van der Waals surface area (Å²) >= 11 is 0. The van der Waals surface area contributed by atoms with Gasteiger partial charge < -0.3 is 10.5 Å². The highest BCUT2D eigenvalue weighted by atomic mass is 16.5. The number of carbonyl (C=O) groups excluding carboxylic acids is 3. The molecular weight excluding hydrogens is 248 g/mol. The monoisotopic (exact) mass is 264 g/mol. The van der Waals surface area contributed by atoms with Gasteiger partial charge in [-0.3, -0.25) is 14.9 Å². The van der Waals surface area contributed by atoms with Crippen LogP contribution in [-0.4, -0.2) is 23.8 Å². The first-order chi connectivity index (χ1) is 8.93. The predicted octanol–water partition coefficient (Wildman–Crippen LogP) is 1.24. The van der Waals surface area contributed by atoms with Gasteiger partial charge in [0.05, 0.1) is 0 Å². The number of nitrogens with two attached hydrogens (primary N) is 1. The van der Waals surface area contributed by atoms with Crippen molar-refractivity contribution in [3.8, 4) is 5.75 Å². The number of ether oxygens (including phenoxy) is 1. The topological polar surface area (TPSA) is 98.5 Å². The van der Waals surface area contributed by atoms with Crippen LogP contribution in [0, 0.1) is 0 Å². The number of nitrogens with one attached hydrogen (secondary N) is 1. The van der Waals surface area contributed by atoms with Crippen molar-refractivity contribution >= 4 is 17.7 Å². The van der Waals surface area contributed by atoms with E-state index in [-0.39, 0.29) is 5.78 Å². The average Bonchev–Trinajstić information content (AvgIpc) is 2.37. The lowest BCUT2D eigenvalue weighted by Crippen LogP contribution is -2.42. The van der Waals surface area contributed by atoms with E-state index in [4.69, 9.17) is 10.5 Å². The fraction of sp³-hybridized carbons (Fsp3) is 0.308. The maximum Gasteiger partial charge on any atom is 0.318 e. The Kier molecular flexibility index (Phi) is 5.05. The van der Waals surface area contributed by atoms with Crippen LogP contribution in [0.3, 0.4) is 0 Å². The Balaban J connectivity index is 2.65. The lowest BCUT2D eigenvalue weighted by Gasteiger charge is -2.13. The molecule has 19 heavy (non-hydrogen) atoms. The maximum absolute atomic E-state index is 11.4. The second kappa shape index (κ2) is 6.53. The molecule has 1 aromatic carbocycles. The van der Waals surface area contributed by atoms with Crippen LogP contribution in [0.5, 0.6) is 5.75 Å². The largest absolute Gasteiger partial charge is 0.481 e. The first-order valence-corrected chi connectivity index (χ1v) is 5.84. The average molecular weight is 264 g/mol. The van der Waals surface area contributed by atoms with Crippen LogP contribution in [0.25, 0.3) is 0 Å². The van der Waals surface area contributed by atoms with Crippen LogP contribution in [0.15, 0.2) is 24.3 Å². The van der Waals surface area contributed by atoms with Gasteiger partial charge in [0.25, 0.3) is 5.91 Å². The molecule has 1 aromatic rings. The first-order valence-electron chi connectivity index (χ1n) is 5.84. The highest BCUT2D eigenvalue weighted by molar-refractivity contribution is 5.96. The number of rotatable bonds is 5. The Morgan fingerprint density at radius 3 is 2.32 bits per heavy atom. The molecule has 0 heterocycles. The second-order valence-corrected chi connectivity index (χ2v) is 3.91. The van der Waals surface area contributed by atoms with Gasteiger partial charge in [0.1, 0.15) is 5.75 Å². The van der Waals surface area contributed by atoms with Gasteiger partial charge in [0, 0.05) is 12.0 Å². The number of urea groups is 1. The molecule has 0 radical (unpaired) electrons. The van der Waals surface area contributed by atoms with E-state index in [2.05, 4.69) is 0 Å². The molecule has 1 atom stereocenters. The summed E-state index contributed by atoms with van der Waals surface area (Å²) in [7, 11) is 0. The van der Waals surface area contributed by atoms with E-state index >= 15 is 0 Å². The Bertz CT molecular complexity index is 482. The summed E-state index contributed by atoms with van der Waals surface area (Å²) in [5.74, 6) is -0.160. The van der Waals surface area contributed by atoms with Gasteiger partial charge in [0.15, 0.2) is 11.9 Å². The van der Waals surface area contributed by atoms with Crippen LogP contribution < -0.4 is 15.8 Å². The third kappa shape index (κ3) is 4.42. The lowest BCUT2D eigenvalue weighted by atomic mass is 10.1. The van der Waals surface area contributed by atoms with Crippen LogP contribution in [-0.2, 0) is 4.79 Å². The number of benzene rings is 1. The Morgan fingerprint density at radius 1 is 1.26 bits per heavy atom. The predicted molar refractivity (Wildman–Crippen MR) is 68.9 cm³/mol. The van der Waals surface area contributed by atoms with Crippen LogP contribution in [0.2, 0.25) is 0 Å². The van der Waals surface area contributed by atoms with Gasteiger partial charge >= 0.3 is 6.03 Å². The molecule has 0 saturated heterocycles. The first kappa shape index (κ1) is 14.7. The minimum absolute atomic E-state index is 0.0334. The molecule has 0 bridgehead atoms. The van der Waals surface area contributed by atoms with E-state index in [1.165, 1.54) is 6.92 Å². The zero-order valence-corrected chi connectivity index (χ0v) is 10.8. The van der Waals surface area contributed by atoms with Gasteiger partial charge in [-0.05, 0) is 31.2 Å². The van der Waals surface area contributed by atoms with Crippen molar-refractivity contribution in [1.82, 2.24) is 5.32 Å². The molecule has 1 rings (SSSR count). The number of carbonyl (C=O) groups is 3. The normalized spacial score (nSPS) is 11.5. The molecule has 0 aromatic heterocycles. The molecule has 0 aliphatic carbocycles. The van der Waals surface area contributed by atoms with Gasteiger partial charge in [-0.1, -0.05) is 6.92 Å². The van der Waals surface area contributed by atoms with Crippen LogP contribution >= 0.6 is 0 Å². The standard InChI is InChI=1S/C13H16N2O4/c1-3-11(16)9-4-6-10(7-5-9)19-8(2)12(17)15-13(14)18/h4-8H,3H2,1-2H3,(H3,14,15,17,18)/t8-/m1/s1. The molecule has 6 heteroatoms. The number of hydrogen-bond acceptors (Lipinski definition) is 4. The van der Waals surface area contributed by atoms with E-state index in [0.717, 1.165) is 0 Å². The summed E-state index contributed by atoms with van der Waals surface area (Å²) in [4.78, 5) is 33.3. The van der Waals surface area contributed by atoms with E-state index in [0.29, 0.717) is 17.7 Å². The van der Waals surface area contributed by atoms with E-state index in [9.17, 15) is 14.4 Å². The van der Waals surface area contributed by atoms with E-state index in [1.807, 2.05) is 5.32 Å². The van der Waals surface area contributed by atoms with Crippen molar-refractivity contribution in [2.45, 2.75) is 26.4 Å². The number of primary amides is 1. The number of ketones is 1. The molecule has 0 saturated carbocycles. The minimum Gasteiger partial charge on any atom is -0.481 e. The number of imide groups is 1. The molecule has 6 nitrogen and oxygen atoms in total. The summed E-state index contributed by atoms with van der Waals surface area (Å²) in [6.45, 7) is 3.27. The van der Waals surface area contributed by atoms with E-state index in [1.54, 1.807) is 31.2 Å².